The van der Waals surface area contributed by atoms with Gasteiger partial charge in [-0.3, -0.25) is 4.79 Å². The van der Waals surface area contributed by atoms with Crippen molar-refractivity contribution in [3.05, 3.63) is 35.9 Å². The zero-order valence-electron chi connectivity index (χ0n) is 10.2. The van der Waals surface area contributed by atoms with E-state index in [0.29, 0.717) is 18.3 Å². The Bertz CT molecular complexity index is 444. The van der Waals surface area contributed by atoms with E-state index in [1.54, 1.807) is 0 Å². The van der Waals surface area contributed by atoms with Crippen LogP contribution in [-0.4, -0.2) is 16.2 Å². The Hall–Kier alpha value is -1.35. The number of benzene rings is 1. The molecule has 3 nitrogen and oxygen atoms in total. The third kappa shape index (κ3) is 1.93. The molecule has 0 aliphatic heterocycles. The predicted molar refractivity (Wildman–Crippen MR) is 66.9 cm³/mol. The van der Waals surface area contributed by atoms with Gasteiger partial charge in [0.2, 0.25) is 0 Å². The van der Waals surface area contributed by atoms with Gasteiger partial charge in [0.05, 0.1) is 11.5 Å². The molecular formula is C15H18O3. The summed E-state index contributed by atoms with van der Waals surface area (Å²) in [4.78, 5) is 11.5. The van der Waals surface area contributed by atoms with Crippen LogP contribution in [0.1, 0.15) is 37.4 Å². The van der Waals surface area contributed by atoms with Crippen LogP contribution in [0, 0.1) is 17.3 Å². The number of aliphatic hydroxyl groups excluding tert-OH is 1. The zero-order valence-corrected chi connectivity index (χ0v) is 10.2. The fourth-order valence-electron chi connectivity index (χ4n) is 3.49. The van der Waals surface area contributed by atoms with E-state index < -0.39 is 17.5 Å². The first kappa shape index (κ1) is 11.7. The second kappa shape index (κ2) is 4.09. The highest BCUT2D eigenvalue weighted by molar-refractivity contribution is 5.75. The first-order valence-corrected chi connectivity index (χ1v) is 6.57. The molecule has 0 bridgehead atoms. The molecule has 2 aliphatic rings. The second-order valence-corrected chi connectivity index (χ2v) is 5.88. The van der Waals surface area contributed by atoms with Crippen LogP contribution in [0.15, 0.2) is 30.3 Å². The summed E-state index contributed by atoms with van der Waals surface area (Å²) >= 11 is 0. The van der Waals surface area contributed by atoms with Crippen molar-refractivity contribution < 1.29 is 15.0 Å². The van der Waals surface area contributed by atoms with Gasteiger partial charge < -0.3 is 10.2 Å². The monoisotopic (exact) mass is 246 g/mol. The molecule has 0 amide bonds. The van der Waals surface area contributed by atoms with Crippen LogP contribution in [-0.2, 0) is 4.79 Å². The average molecular weight is 246 g/mol. The predicted octanol–water partition coefficient (Wildman–Crippen LogP) is 2.61. The average Bonchev–Trinajstić information content (AvgIpc) is 2.98. The summed E-state index contributed by atoms with van der Waals surface area (Å²) in [6, 6.07) is 9.36. The largest absolute Gasteiger partial charge is 0.481 e. The van der Waals surface area contributed by atoms with Gasteiger partial charge in [-0.1, -0.05) is 30.3 Å². The van der Waals surface area contributed by atoms with Crippen molar-refractivity contribution in [3.8, 4) is 0 Å². The molecule has 3 unspecified atom stereocenters. The van der Waals surface area contributed by atoms with Crippen molar-refractivity contribution in [1.29, 1.82) is 0 Å². The topological polar surface area (TPSA) is 57.5 Å². The lowest BCUT2D eigenvalue weighted by molar-refractivity contribution is -0.151. The molecule has 2 aliphatic carbocycles. The molecule has 0 saturated heterocycles. The number of aliphatic hydroxyl groups is 1. The molecule has 96 valence electrons. The summed E-state index contributed by atoms with van der Waals surface area (Å²) < 4.78 is 0. The van der Waals surface area contributed by atoms with Gasteiger partial charge in [-0.25, -0.2) is 0 Å². The van der Waals surface area contributed by atoms with Crippen molar-refractivity contribution in [3.63, 3.8) is 0 Å². The summed E-state index contributed by atoms with van der Waals surface area (Å²) in [7, 11) is 0. The first-order valence-electron chi connectivity index (χ1n) is 6.57. The smallest absolute Gasteiger partial charge is 0.309 e. The zero-order chi connectivity index (χ0) is 12.8. The maximum Gasteiger partial charge on any atom is 0.309 e. The van der Waals surface area contributed by atoms with Crippen LogP contribution >= 0.6 is 0 Å². The Morgan fingerprint density at radius 2 is 1.89 bits per heavy atom. The molecule has 2 saturated carbocycles. The van der Waals surface area contributed by atoms with E-state index in [2.05, 4.69) is 0 Å². The second-order valence-electron chi connectivity index (χ2n) is 5.88. The fourth-order valence-corrected chi connectivity index (χ4v) is 3.49. The van der Waals surface area contributed by atoms with Crippen molar-refractivity contribution in [2.45, 2.75) is 31.8 Å². The Balaban J connectivity index is 1.76. The summed E-state index contributed by atoms with van der Waals surface area (Å²) in [6.45, 7) is 0. The first-order chi connectivity index (χ1) is 8.61. The highest BCUT2D eigenvalue weighted by Gasteiger charge is 2.57. The summed E-state index contributed by atoms with van der Waals surface area (Å²) in [6.07, 6.45) is 2.36. The van der Waals surface area contributed by atoms with Crippen molar-refractivity contribution in [2.75, 3.05) is 0 Å². The standard InChI is InChI=1S/C15H18O3/c16-13(10-4-2-1-3-5-10)9-15(14(17)18)7-11-6-12(11)8-15/h1-5,11-13,16H,6-9H2,(H,17,18). The number of carbonyl (C=O) groups is 1. The van der Waals surface area contributed by atoms with Gasteiger partial charge in [-0.2, -0.15) is 0 Å². The third-order valence-corrected chi connectivity index (χ3v) is 4.60. The normalized spacial score (nSPS) is 34.9. The van der Waals surface area contributed by atoms with Crippen molar-refractivity contribution in [2.24, 2.45) is 17.3 Å². The van der Waals surface area contributed by atoms with Gasteiger partial charge in [0.1, 0.15) is 0 Å². The molecule has 0 spiro atoms. The van der Waals surface area contributed by atoms with E-state index in [4.69, 9.17) is 0 Å². The number of rotatable bonds is 4. The quantitative estimate of drug-likeness (QED) is 0.858. The maximum atomic E-state index is 11.5. The Morgan fingerprint density at radius 1 is 1.28 bits per heavy atom. The van der Waals surface area contributed by atoms with Crippen LogP contribution in [0.2, 0.25) is 0 Å². The van der Waals surface area contributed by atoms with E-state index in [1.807, 2.05) is 30.3 Å². The molecule has 18 heavy (non-hydrogen) atoms. The van der Waals surface area contributed by atoms with Gasteiger partial charge in [-0.15, -0.1) is 0 Å². The fraction of sp³-hybridized carbons (Fsp3) is 0.533. The highest BCUT2D eigenvalue weighted by Crippen LogP contribution is 2.62. The van der Waals surface area contributed by atoms with E-state index in [9.17, 15) is 15.0 Å². The molecule has 1 aromatic carbocycles. The molecule has 3 rings (SSSR count). The summed E-state index contributed by atoms with van der Waals surface area (Å²) in [5.41, 5.74) is 0.127. The lowest BCUT2D eigenvalue weighted by Crippen LogP contribution is -2.31. The lowest BCUT2D eigenvalue weighted by atomic mass is 9.77. The molecule has 3 heteroatoms. The van der Waals surface area contributed by atoms with Crippen LogP contribution in [0.25, 0.3) is 0 Å². The number of carboxylic acid groups (broad SMARTS) is 1. The van der Waals surface area contributed by atoms with E-state index >= 15 is 0 Å². The van der Waals surface area contributed by atoms with Crippen molar-refractivity contribution >= 4 is 5.97 Å². The minimum atomic E-state index is -0.732. The van der Waals surface area contributed by atoms with Crippen LogP contribution < -0.4 is 0 Å². The van der Waals surface area contributed by atoms with Gasteiger partial charge in [-0.05, 0) is 43.1 Å². The minimum Gasteiger partial charge on any atom is -0.481 e. The van der Waals surface area contributed by atoms with Gasteiger partial charge in [0.25, 0.3) is 0 Å². The molecular weight excluding hydrogens is 228 g/mol. The SMILES string of the molecule is O=C(O)C1(CC(O)c2ccccc2)CC2CC2C1. The van der Waals surface area contributed by atoms with Gasteiger partial charge >= 0.3 is 5.97 Å². The summed E-state index contributed by atoms with van der Waals surface area (Å²) in [5, 5.41) is 19.7. The Labute approximate surface area is 106 Å². The maximum absolute atomic E-state index is 11.5. The molecule has 1 aromatic rings. The van der Waals surface area contributed by atoms with Crippen LogP contribution in [0.5, 0.6) is 0 Å². The number of hydrogen-bond donors (Lipinski definition) is 2. The summed E-state index contributed by atoms with van der Waals surface area (Å²) in [5.74, 6) is 0.470. The molecule has 0 heterocycles. The highest BCUT2D eigenvalue weighted by atomic mass is 16.4. The van der Waals surface area contributed by atoms with Crippen molar-refractivity contribution in [1.82, 2.24) is 0 Å². The molecule has 2 N–H and O–H groups in total. The Morgan fingerprint density at radius 3 is 2.44 bits per heavy atom. The number of fused-ring (bicyclic) bond motifs is 1. The number of carboxylic acids is 1. The van der Waals surface area contributed by atoms with Crippen LogP contribution in [0.3, 0.4) is 0 Å². The van der Waals surface area contributed by atoms with Gasteiger partial charge in [0, 0.05) is 0 Å². The molecule has 3 atom stereocenters. The lowest BCUT2D eigenvalue weighted by Gasteiger charge is -2.28. The van der Waals surface area contributed by atoms with Gasteiger partial charge in [0.15, 0.2) is 0 Å². The van der Waals surface area contributed by atoms with Crippen LogP contribution in [0.4, 0.5) is 0 Å². The molecule has 0 radical (unpaired) electrons. The molecule has 2 fully saturated rings. The number of aliphatic carboxylic acids is 1. The van der Waals surface area contributed by atoms with E-state index in [-0.39, 0.29) is 0 Å². The number of hydrogen-bond acceptors (Lipinski definition) is 2. The Kier molecular flexibility index (Phi) is 2.67. The third-order valence-electron chi connectivity index (χ3n) is 4.60. The molecule has 0 aromatic heterocycles. The minimum absolute atomic E-state index is 0.347. The van der Waals surface area contributed by atoms with E-state index in [0.717, 1.165) is 18.4 Å². The van der Waals surface area contributed by atoms with E-state index in [1.165, 1.54) is 6.42 Å².